The molecule has 0 amide bonds. The van der Waals surface area contributed by atoms with Gasteiger partial charge in [-0.1, -0.05) is 89.2 Å². The number of aliphatic hydroxyl groups is 1. The summed E-state index contributed by atoms with van der Waals surface area (Å²) in [5.41, 5.74) is 5.20. The Kier molecular flexibility index (Phi) is 6.27. The van der Waals surface area contributed by atoms with E-state index in [9.17, 15) is 9.90 Å². The molecule has 2 aliphatic carbocycles. The lowest BCUT2D eigenvalue weighted by molar-refractivity contribution is -0.114. The van der Waals surface area contributed by atoms with E-state index in [1.165, 1.54) is 5.57 Å². The van der Waals surface area contributed by atoms with E-state index in [4.69, 9.17) is 0 Å². The number of ketones is 1. The molecule has 1 N–H and O–H groups in total. The Bertz CT molecular complexity index is 895. The van der Waals surface area contributed by atoms with Crippen molar-refractivity contribution in [2.24, 2.45) is 27.6 Å². The Morgan fingerprint density at radius 2 is 1.13 bits per heavy atom. The third-order valence-corrected chi connectivity index (χ3v) is 6.31. The maximum atomic E-state index is 13.4. The van der Waals surface area contributed by atoms with Crippen molar-refractivity contribution in [3.05, 3.63) is 57.4 Å². The fraction of sp³-hybridized carbons (Fsp3) is 0.621. The van der Waals surface area contributed by atoms with E-state index in [-0.39, 0.29) is 33.4 Å². The quantitative estimate of drug-likeness (QED) is 0.424. The summed E-state index contributed by atoms with van der Waals surface area (Å²) in [6.07, 6.45) is 6.31. The SMILES string of the molecule is CC1=CC(C(C)(C)C)=C(O)C(C(C)(C)C)C1=C1C=C(C(C)(C)C)C(=O)C(C(C)(C)C)=C1. The fourth-order valence-corrected chi connectivity index (χ4v) is 4.62. The Hall–Kier alpha value is -1.83. The van der Waals surface area contributed by atoms with Gasteiger partial charge >= 0.3 is 0 Å². The van der Waals surface area contributed by atoms with Crippen LogP contribution in [0.2, 0.25) is 0 Å². The van der Waals surface area contributed by atoms with Gasteiger partial charge in [0.25, 0.3) is 0 Å². The monoisotopic (exact) mass is 424 g/mol. The molecule has 0 aliphatic heterocycles. The minimum Gasteiger partial charge on any atom is -0.511 e. The van der Waals surface area contributed by atoms with E-state index in [0.717, 1.165) is 27.9 Å². The van der Waals surface area contributed by atoms with Crippen LogP contribution >= 0.6 is 0 Å². The normalized spacial score (nSPS) is 21.9. The highest BCUT2D eigenvalue weighted by Gasteiger charge is 2.41. The molecule has 1 atom stereocenters. The van der Waals surface area contributed by atoms with Crippen LogP contribution in [0.4, 0.5) is 0 Å². The number of carbonyl (C=O) groups excluding carboxylic acids is 1. The lowest BCUT2D eigenvalue weighted by Crippen LogP contribution is -2.32. The van der Waals surface area contributed by atoms with Crippen LogP contribution in [-0.4, -0.2) is 10.9 Å². The zero-order valence-electron chi connectivity index (χ0n) is 22.2. The first-order valence-corrected chi connectivity index (χ1v) is 11.5. The highest BCUT2D eigenvalue weighted by molar-refractivity contribution is 6.12. The number of Topliss-reactive ketones (excluding diaryl/α,β-unsaturated/α-hetero) is 1. The van der Waals surface area contributed by atoms with Crippen molar-refractivity contribution in [3.8, 4) is 0 Å². The predicted octanol–water partition coefficient (Wildman–Crippen LogP) is 8.29. The van der Waals surface area contributed by atoms with Gasteiger partial charge in [-0.15, -0.1) is 0 Å². The van der Waals surface area contributed by atoms with E-state index in [1.807, 2.05) is 0 Å². The zero-order chi connectivity index (χ0) is 24.3. The molecule has 31 heavy (non-hydrogen) atoms. The van der Waals surface area contributed by atoms with Gasteiger partial charge in [-0.2, -0.15) is 0 Å². The summed E-state index contributed by atoms with van der Waals surface area (Å²) in [5, 5.41) is 11.5. The highest BCUT2D eigenvalue weighted by atomic mass is 16.3. The molecule has 2 aliphatic rings. The minimum atomic E-state index is -0.258. The largest absolute Gasteiger partial charge is 0.511 e. The molecule has 0 aromatic carbocycles. The molecule has 0 fully saturated rings. The first-order valence-electron chi connectivity index (χ1n) is 11.5. The highest BCUT2D eigenvalue weighted by Crippen LogP contribution is 2.50. The van der Waals surface area contributed by atoms with Gasteiger partial charge in [0, 0.05) is 17.1 Å². The Morgan fingerprint density at radius 1 is 0.710 bits per heavy atom. The number of hydrogen-bond donors (Lipinski definition) is 1. The first-order chi connectivity index (χ1) is 13.7. The summed E-state index contributed by atoms with van der Waals surface area (Å²) in [7, 11) is 0. The summed E-state index contributed by atoms with van der Waals surface area (Å²) < 4.78 is 0. The fourth-order valence-electron chi connectivity index (χ4n) is 4.62. The van der Waals surface area contributed by atoms with Crippen molar-refractivity contribution >= 4 is 5.78 Å². The molecule has 0 aromatic heterocycles. The van der Waals surface area contributed by atoms with Crippen molar-refractivity contribution in [3.63, 3.8) is 0 Å². The van der Waals surface area contributed by atoms with Crippen LogP contribution in [-0.2, 0) is 4.79 Å². The Labute approximate surface area is 190 Å². The minimum absolute atomic E-state index is 0.134. The van der Waals surface area contributed by atoms with Crippen molar-refractivity contribution in [1.29, 1.82) is 0 Å². The Morgan fingerprint density at radius 3 is 1.45 bits per heavy atom. The molecule has 0 spiro atoms. The van der Waals surface area contributed by atoms with Crippen molar-refractivity contribution in [2.75, 3.05) is 0 Å². The van der Waals surface area contributed by atoms with Crippen LogP contribution in [0.25, 0.3) is 0 Å². The van der Waals surface area contributed by atoms with Crippen LogP contribution in [0.3, 0.4) is 0 Å². The number of hydrogen-bond acceptors (Lipinski definition) is 2. The number of allylic oxidation sites excluding steroid dienone is 9. The maximum Gasteiger partial charge on any atom is 0.186 e. The van der Waals surface area contributed by atoms with Crippen LogP contribution in [0, 0.1) is 27.6 Å². The van der Waals surface area contributed by atoms with Gasteiger partial charge in [-0.05, 0) is 63.0 Å². The lowest BCUT2D eigenvalue weighted by Gasteiger charge is -2.40. The molecule has 0 aromatic rings. The van der Waals surface area contributed by atoms with Crippen LogP contribution < -0.4 is 0 Å². The first kappa shape index (κ1) is 25.4. The standard InChI is InChI=1S/C29H44O2/c1-17-14-19(26(2,3)4)25(31)23(29(11,12)13)22(17)18-15-20(27(5,6)7)24(30)21(16-18)28(8,9)10/h14-16,23,31H,1-13H3. The van der Waals surface area contributed by atoms with E-state index >= 15 is 0 Å². The molecule has 2 nitrogen and oxygen atoms in total. The number of carbonyl (C=O) groups is 1. The topological polar surface area (TPSA) is 37.3 Å². The molecule has 0 bridgehead atoms. The van der Waals surface area contributed by atoms with Gasteiger partial charge in [-0.25, -0.2) is 0 Å². The summed E-state index contributed by atoms with van der Waals surface area (Å²) in [6.45, 7) is 27.8. The van der Waals surface area contributed by atoms with E-state index in [2.05, 4.69) is 108 Å². The zero-order valence-corrected chi connectivity index (χ0v) is 22.2. The molecule has 172 valence electrons. The summed E-state index contributed by atoms with van der Waals surface area (Å²) in [4.78, 5) is 13.4. The summed E-state index contributed by atoms with van der Waals surface area (Å²) in [6, 6.07) is 0. The van der Waals surface area contributed by atoms with Crippen LogP contribution in [0.1, 0.15) is 90.0 Å². The second kappa shape index (κ2) is 7.64. The maximum absolute atomic E-state index is 13.4. The number of rotatable bonds is 0. The van der Waals surface area contributed by atoms with Gasteiger partial charge in [0.05, 0.1) is 0 Å². The molecule has 2 heteroatoms. The van der Waals surface area contributed by atoms with Crippen molar-refractivity contribution in [2.45, 2.75) is 90.0 Å². The van der Waals surface area contributed by atoms with Crippen LogP contribution in [0.15, 0.2) is 57.4 Å². The molecular weight excluding hydrogens is 380 g/mol. The Balaban J connectivity index is 2.97. The number of aliphatic hydroxyl groups excluding tert-OH is 1. The smallest absolute Gasteiger partial charge is 0.186 e. The predicted molar refractivity (Wildman–Crippen MR) is 133 cm³/mol. The van der Waals surface area contributed by atoms with Gasteiger partial charge in [0.1, 0.15) is 5.76 Å². The van der Waals surface area contributed by atoms with Crippen molar-refractivity contribution < 1.29 is 9.90 Å². The summed E-state index contributed by atoms with van der Waals surface area (Å²) >= 11 is 0. The lowest BCUT2D eigenvalue weighted by atomic mass is 9.64. The summed E-state index contributed by atoms with van der Waals surface area (Å²) in [5.74, 6) is 0.468. The third-order valence-electron chi connectivity index (χ3n) is 6.31. The molecule has 0 saturated heterocycles. The van der Waals surface area contributed by atoms with Gasteiger partial charge in [-0.3, -0.25) is 4.79 Å². The average molecular weight is 425 g/mol. The van der Waals surface area contributed by atoms with Crippen LogP contribution in [0.5, 0.6) is 0 Å². The average Bonchev–Trinajstić information content (AvgIpc) is 2.52. The second-order valence-electron chi connectivity index (χ2n) is 13.5. The molecule has 0 heterocycles. The molecule has 0 saturated carbocycles. The van der Waals surface area contributed by atoms with Gasteiger partial charge in [0.15, 0.2) is 5.78 Å². The third kappa shape index (κ3) is 4.99. The molecule has 0 radical (unpaired) electrons. The van der Waals surface area contributed by atoms with Crippen molar-refractivity contribution in [1.82, 2.24) is 0 Å². The molecular formula is C29H44O2. The van der Waals surface area contributed by atoms with E-state index < -0.39 is 0 Å². The van der Waals surface area contributed by atoms with E-state index in [0.29, 0.717) is 5.76 Å². The second-order valence-corrected chi connectivity index (χ2v) is 13.5. The molecule has 2 rings (SSSR count). The van der Waals surface area contributed by atoms with Gasteiger partial charge < -0.3 is 5.11 Å². The van der Waals surface area contributed by atoms with E-state index in [1.54, 1.807) is 0 Å². The van der Waals surface area contributed by atoms with Gasteiger partial charge in [0.2, 0.25) is 0 Å². The molecule has 1 unspecified atom stereocenters.